The van der Waals surface area contributed by atoms with Crippen molar-refractivity contribution in [2.45, 2.75) is 19.8 Å². The van der Waals surface area contributed by atoms with Crippen LogP contribution >= 0.6 is 0 Å². The summed E-state index contributed by atoms with van der Waals surface area (Å²) in [5.74, 6) is 0.319. The predicted octanol–water partition coefficient (Wildman–Crippen LogP) is 3.96. The van der Waals surface area contributed by atoms with Gasteiger partial charge < -0.3 is 9.64 Å². The maximum absolute atomic E-state index is 12.9. The highest BCUT2D eigenvalue weighted by Gasteiger charge is 2.26. The lowest BCUT2D eigenvalue weighted by Crippen LogP contribution is -2.42. The molecule has 0 aliphatic carbocycles. The number of carbonyl (C=O) groups is 2. The van der Waals surface area contributed by atoms with Gasteiger partial charge in [-0.05, 0) is 50.1 Å². The second kappa shape index (κ2) is 8.13. The first kappa shape index (κ1) is 18.1. The monoisotopic (exact) mass is 355 g/mol. The number of rotatable bonds is 5. The van der Waals surface area contributed by atoms with Crippen molar-refractivity contribution in [3.63, 3.8) is 0 Å². The Hall–Kier alpha value is -2.69. The third-order valence-electron chi connectivity index (χ3n) is 4.64. The number of benzene rings is 2. The van der Waals surface area contributed by atoms with E-state index in [9.17, 15) is 14.0 Å². The summed E-state index contributed by atoms with van der Waals surface area (Å²) < 4.78 is 18.7. The van der Waals surface area contributed by atoms with E-state index in [4.69, 9.17) is 4.74 Å². The predicted molar refractivity (Wildman–Crippen MR) is 97.0 cm³/mol. The second-order valence-corrected chi connectivity index (χ2v) is 6.63. The zero-order chi connectivity index (χ0) is 18.5. The molecule has 0 spiro atoms. The molecule has 1 amide bonds. The number of hydrogen-bond acceptors (Lipinski definition) is 3. The van der Waals surface area contributed by atoms with Gasteiger partial charge in [-0.1, -0.05) is 18.2 Å². The topological polar surface area (TPSA) is 46.6 Å². The average Bonchev–Trinajstić information content (AvgIpc) is 2.67. The van der Waals surface area contributed by atoms with Gasteiger partial charge in [-0.15, -0.1) is 0 Å². The minimum atomic E-state index is -0.295. The molecule has 1 heterocycles. The summed E-state index contributed by atoms with van der Waals surface area (Å²) >= 11 is 0. The van der Waals surface area contributed by atoms with E-state index in [0.717, 1.165) is 12.8 Å². The normalized spacial score (nSPS) is 17.0. The maximum atomic E-state index is 12.9. The molecule has 1 aliphatic rings. The van der Waals surface area contributed by atoms with Gasteiger partial charge in [-0.25, -0.2) is 4.39 Å². The number of hydrogen-bond donors (Lipinski definition) is 0. The molecule has 0 aromatic heterocycles. The molecule has 2 aromatic rings. The summed E-state index contributed by atoms with van der Waals surface area (Å²) in [6, 6.07) is 12.9. The fourth-order valence-electron chi connectivity index (χ4n) is 3.28. The molecule has 1 fully saturated rings. The Kier molecular flexibility index (Phi) is 5.66. The first-order valence-electron chi connectivity index (χ1n) is 8.82. The minimum absolute atomic E-state index is 0.109. The Morgan fingerprint density at radius 2 is 1.81 bits per heavy atom. The molecule has 26 heavy (non-hydrogen) atoms. The van der Waals surface area contributed by atoms with E-state index < -0.39 is 0 Å². The Bertz CT molecular complexity index is 788. The molecule has 0 N–H and O–H groups in total. The van der Waals surface area contributed by atoms with Crippen LogP contribution in [0.2, 0.25) is 0 Å². The van der Waals surface area contributed by atoms with E-state index in [1.807, 2.05) is 0 Å². The van der Waals surface area contributed by atoms with Crippen molar-refractivity contribution in [2.75, 3.05) is 19.7 Å². The standard InChI is InChI=1S/C21H22FNO3/c1-15(24)19-6-2-3-7-20(19)21(25)23-12-4-5-16(13-23)14-26-18-10-8-17(22)9-11-18/h2-3,6-11,16H,4-5,12-14H2,1H3/t16-/m1/s1. The molecule has 0 unspecified atom stereocenters. The number of likely N-dealkylation sites (tertiary alicyclic amines) is 1. The lowest BCUT2D eigenvalue weighted by atomic mass is 9.97. The Labute approximate surface area is 152 Å². The molecule has 3 rings (SSSR count). The first-order valence-corrected chi connectivity index (χ1v) is 8.82. The highest BCUT2D eigenvalue weighted by molar-refractivity contribution is 6.07. The summed E-state index contributed by atoms with van der Waals surface area (Å²) in [6.45, 7) is 3.22. The molecule has 0 radical (unpaired) electrons. The number of ketones is 1. The summed E-state index contributed by atoms with van der Waals surface area (Å²) in [5.41, 5.74) is 0.919. The van der Waals surface area contributed by atoms with Gasteiger partial charge in [0.2, 0.25) is 0 Å². The van der Waals surface area contributed by atoms with Crippen molar-refractivity contribution in [3.05, 3.63) is 65.5 Å². The molecular formula is C21H22FNO3. The van der Waals surface area contributed by atoms with Gasteiger partial charge in [0.15, 0.2) is 5.78 Å². The highest BCUT2D eigenvalue weighted by Crippen LogP contribution is 2.22. The van der Waals surface area contributed by atoms with E-state index in [-0.39, 0.29) is 23.4 Å². The number of amides is 1. The quantitative estimate of drug-likeness (QED) is 0.763. The number of carbonyl (C=O) groups excluding carboxylic acids is 2. The van der Waals surface area contributed by atoms with Crippen molar-refractivity contribution in [3.8, 4) is 5.75 Å². The Morgan fingerprint density at radius 3 is 2.50 bits per heavy atom. The lowest BCUT2D eigenvalue weighted by Gasteiger charge is -2.33. The second-order valence-electron chi connectivity index (χ2n) is 6.63. The van der Waals surface area contributed by atoms with Gasteiger partial charge in [0.1, 0.15) is 11.6 Å². The third kappa shape index (κ3) is 4.28. The maximum Gasteiger partial charge on any atom is 0.254 e. The third-order valence-corrected chi connectivity index (χ3v) is 4.64. The molecule has 5 heteroatoms. The smallest absolute Gasteiger partial charge is 0.254 e. The van der Waals surface area contributed by atoms with Crippen molar-refractivity contribution in [2.24, 2.45) is 5.92 Å². The zero-order valence-electron chi connectivity index (χ0n) is 14.8. The number of piperidine rings is 1. The number of halogens is 1. The lowest BCUT2D eigenvalue weighted by molar-refractivity contribution is 0.0630. The fraction of sp³-hybridized carbons (Fsp3) is 0.333. The van der Waals surface area contributed by atoms with Gasteiger partial charge in [0, 0.05) is 24.6 Å². The van der Waals surface area contributed by atoms with E-state index in [1.54, 1.807) is 41.3 Å². The van der Waals surface area contributed by atoms with E-state index in [0.29, 0.717) is 36.6 Å². The molecule has 4 nitrogen and oxygen atoms in total. The summed E-state index contributed by atoms with van der Waals surface area (Å²) in [5, 5.41) is 0. The Morgan fingerprint density at radius 1 is 1.12 bits per heavy atom. The van der Waals surface area contributed by atoms with E-state index >= 15 is 0 Å². The van der Waals surface area contributed by atoms with Crippen molar-refractivity contribution in [1.29, 1.82) is 0 Å². The molecule has 0 bridgehead atoms. The van der Waals surface area contributed by atoms with Crippen LogP contribution in [0.5, 0.6) is 5.75 Å². The Balaban J connectivity index is 1.64. The van der Waals surface area contributed by atoms with Gasteiger partial charge in [0.25, 0.3) is 5.91 Å². The minimum Gasteiger partial charge on any atom is -0.493 e. The number of Topliss-reactive ketones (excluding diaryl/α,β-unsaturated/α-hetero) is 1. The van der Waals surface area contributed by atoms with Crippen molar-refractivity contribution in [1.82, 2.24) is 4.90 Å². The van der Waals surface area contributed by atoms with Crippen LogP contribution in [0.15, 0.2) is 48.5 Å². The zero-order valence-corrected chi connectivity index (χ0v) is 14.8. The van der Waals surface area contributed by atoms with Gasteiger partial charge in [-0.3, -0.25) is 9.59 Å². The van der Waals surface area contributed by atoms with Gasteiger partial charge in [0.05, 0.1) is 12.2 Å². The van der Waals surface area contributed by atoms with E-state index in [1.165, 1.54) is 19.1 Å². The number of ether oxygens (including phenoxy) is 1. The first-order chi connectivity index (χ1) is 12.5. The van der Waals surface area contributed by atoms with Gasteiger partial charge >= 0.3 is 0 Å². The molecular weight excluding hydrogens is 333 g/mol. The summed E-state index contributed by atoms with van der Waals surface area (Å²) in [7, 11) is 0. The van der Waals surface area contributed by atoms with Crippen molar-refractivity contribution >= 4 is 11.7 Å². The number of nitrogens with zero attached hydrogens (tertiary/aromatic N) is 1. The molecule has 2 aromatic carbocycles. The molecule has 1 aliphatic heterocycles. The summed E-state index contributed by atoms with van der Waals surface area (Å²) in [4.78, 5) is 26.5. The van der Waals surface area contributed by atoms with Crippen LogP contribution in [-0.4, -0.2) is 36.3 Å². The van der Waals surface area contributed by atoms with Crippen LogP contribution in [0.1, 0.15) is 40.5 Å². The van der Waals surface area contributed by atoms with Crippen LogP contribution in [0.25, 0.3) is 0 Å². The average molecular weight is 355 g/mol. The molecule has 136 valence electrons. The van der Waals surface area contributed by atoms with Crippen LogP contribution in [0, 0.1) is 11.7 Å². The largest absolute Gasteiger partial charge is 0.493 e. The van der Waals surface area contributed by atoms with Crippen LogP contribution < -0.4 is 4.74 Å². The molecule has 0 saturated carbocycles. The fourth-order valence-corrected chi connectivity index (χ4v) is 3.28. The van der Waals surface area contributed by atoms with Crippen LogP contribution in [-0.2, 0) is 0 Å². The van der Waals surface area contributed by atoms with Crippen LogP contribution in [0.3, 0.4) is 0 Å². The SMILES string of the molecule is CC(=O)c1ccccc1C(=O)N1CCC[C@@H](COc2ccc(F)cc2)C1. The molecule has 1 atom stereocenters. The van der Waals surface area contributed by atoms with E-state index in [2.05, 4.69) is 0 Å². The van der Waals surface area contributed by atoms with Crippen molar-refractivity contribution < 1.29 is 18.7 Å². The molecule has 1 saturated heterocycles. The highest BCUT2D eigenvalue weighted by atomic mass is 19.1. The summed E-state index contributed by atoms with van der Waals surface area (Å²) in [6.07, 6.45) is 1.87. The van der Waals surface area contributed by atoms with Crippen LogP contribution in [0.4, 0.5) is 4.39 Å². The van der Waals surface area contributed by atoms with Gasteiger partial charge in [-0.2, -0.15) is 0 Å².